The first-order chi connectivity index (χ1) is 14.5. The van der Waals surface area contributed by atoms with Crippen LogP contribution in [0.25, 0.3) is 0 Å². The molecule has 1 aromatic heterocycles. The van der Waals surface area contributed by atoms with E-state index in [1.165, 1.54) is 37.6 Å². The standard InChI is InChI=1S/C22H21N3O5/c1-29-20-12-15(5-6-19(20)26)22(28)25-9-7-14-3-2-4-16(11-14)30-17-8-10-24-18(13-17)21(23)27/h2-6,8,10-13,26H,7,9H2,1H3,(H2,23,27)(H,25,28). The van der Waals surface area contributed by atoms with Crippen LogP contribution >= 0.6 is 0 Å². The van der Waals surface area contributed by atoms with Crippen molar-refractivity contribution in [2.75, 3.05) is 13.7 Å². The minimum Gasteiger partial charge on any atom is -0.504 e. The zero-order valence-corrected chi connectivity index (χ0v) is 16.3. The number of rotatable bonds is 8. The molecule has 0 unspecified atom stereocenters. The van der Waals surface area contributed by atoms with Crippen LogP contribution in [0.4, 0.5) is 0 Å². The molecule has 0 spiro atoms. The van der Waals surface area contributed by atoms with Gasteiger partial charge in [0.25, 0.3) is 11.8 Å². The fraction of sp³-hybridized carbons (Fsp3) is 0.136. The molecular formula is C22H21N3O5. The first kappa shape index (κ1) is 20.7. The van der Waals surface area contributed by atoms with Gasteiger partial charge in [0.2, 0.25) is 0 Å². The molecule has 0 saturated heterocycles. The molecule has 4 N–H and O–H groups in total. The number of hydrogen-bond acceptors (Lipinski definition) is 6. The van der Waals surface area contributed by atoms with Crippen molar-refractivity contribution in [3.05, 3.63) is 77.6 Å². The molecule has 0 aliphatic heterocycles. The van der Waals surface area contributed by atoms with Gasteiger partial charge in [-0.15, -0.1) is 0 Å². The van der Waals surface area contributed by atoms with Crippen molar-refractivity contribution in [1.29, 1.82) is 0 Å². The molecule has 0 atom stereocenters. The lowest BCUT2D eigenvalue weighted by Crippen LogP contribution is -2.25. The molecule has 0 radical (unpaired) electrons. The molecule has 0 aliphatic rings. The number of nitrogens with zero attached hydrogens (tertiary/aromatic N) is 1. The van der Waals surface area contributed by atoms with Crippen molar-refractivity contribution in [2.45, 2.75) is 6.42 Å². The summed E-state index contributed by atoms with van der Waals surface area (Å²) in [5.74, 6) is 0.355. The number of nitrogens with one attached hydrogen (secondary N) is 1. The Morgan fingerprint density at radius 3 is 2.67 bits per heavy atom. The molecule has 8 nitrogen and oxygen atoms in total. The Labute approximate surface area is 173 Å². The molecule has 30 heavy (non-hydrogen) atoms. The first-order valence-corrected chi connectivity index (χ1v) is 9.14. The lowest BCUT2D eigenvalue weighted by molar-refractivity contribution is 0.0952. The van der Waals surface area contributed by atoms with Crippen LogP contribution in [0.2, 0.25) is 0 Å². The third-order valence-electron chi connectivity index (χ3n) is 4.26. The summed E-state index contributed by atoms with van der Waals surface area (Å²) in [6.07, 6.45) is 2.04. The van der Waals surface area contributed by atoms with Crippen LogP contribution in [0, 0.1) is 0 Å². The predicted octanol–water partition coefficient (Wildman–Crippen LogP) is 2.66. The minimum atomic E-state index is -0.629. The second-order valence-electron chi connectivity index (χ2n) is 6.38. The quantitative estimate of drug-likeness (QED) is 0.527. The van der Waals surface area contributed by atoms with E-state index in [4.69, 9.17) is 15.2 Å². The van der Waals surface area contributed by atoms with E-state index in [0.717, 1.165) is 5.56 Å². The number of carbonyl (C=O) groups is 2. The van der Waals surface area contributed by atoms with Gasteiger partial charge in [-0.25, -0.2) is 0 Å². The van der Waals surface area contributed by atoms with Gasteiger partial charge in [-0.3, -0.25) is 14.6 Å². The zero-order chi connectivity index (χ0) is 21.5. The smallest absolute Gasteiger partial charge is 0.267 e. The van der Waals surface area contributed by atoms with Gasteiger partial charge < -0.3 is 25.6 Å². The molecule has 0 fully saturated rings. The summed E-state index contributed by atoms with van der Waals surface area (Å²) < 4.78 is 10.8. The third kappa shape index (κ3) is 5.26. The number of aromatic hydroxyl groups is 1. The van der Waals surface area contributed by atoms with Crippen LogP contribution in [-0.2, 0) is 6.42 Å². The molecule has 3 rings (SSSR count). The van der Waals surface area contributed by atoms with Crippen molar-refractivity contribution in [3.8, 4) is 23.0 Å². The number of amides is 2. The number of aromatic nitrogens is 1. The van der Waals surface area contributed by atoms with E-state index < -0.39 is 5.91 Å². The van der Waals surface area contributed by atoms with E-state index in [2.05, 4.69) is 10.3 Å². The molecule has 2 amide bonds. The summed E-state index contributed by atoms with van der Waals surface area (Å²) in [6.45, 7) is 0.409. The number of primary amides is 1. The molecule has 154 valence electrons. The molecule has 2 aromatic carbocycles. The Morgan fingerprint density at radius 2 is 1.90 bits per heavy atom. The van der Waals surface area contributed by atoms with Crippen molar-refractivity contribution in [1.82, 2.24) is 10.3 Å². The summed E-state index contributed by atoms with van der Waals surface area (Å²) in [5.41, 5.74) is 6.71. The van der Waals surface area contributed by atoms with Gasteiger partial charge in [-0.05, 0) is 48.4 Å². The highest BCUT2D eigenvalue weighted by Gasteiger charge is 2.10. The Bertz CT molecular complexity index is 1070. The maximum Gasteiger partial charge on any atom is 0.267 e. The van der Waals surface area contributed by atoms with E-state index in [0.29, 0.717) is 30.0 Å². The van der Waals surface area contributed by atoms with Crippen molar-refractivity contribution >= 4 is 11.8 Å². The molecule has 0 bridgehead atoms. The minimum absolute atomic E-state index is 0.0250. The molecule has 1 heterocycles. The van der Waals surface area contributed by atoms with Gasteiger partial charge in [0, 0.05) is 24.4 Å². The largest absolute Gasteiger partial charge is 0.504 e. The van der Waals surface area contributed by atoms with Gasteiger partial charge in [0.15, 0.2) is 11.5 Å². The Kier molecular flexibility index (Phi) is 6.49. The van der Waals surface area contributed by atoms with Crippen molar-refractivity contribution < 1.29 is 24.2 Å². The van der Waals surface area contributed by atoms with E-state index in [1.807, 2.05) is 18.2 Å². The Balaban J connectivity index is 1.58. The van der Waals surface area contributed by atoms with E-state index in [-0.39, 0.29) is 23.1 Å². The second-order valence-corrected chi connectivity index (χ2v) is 6.38. The summed E-state index contributed by atoms with van der Waals surface area (Å²) in [7, 11) is 1.42. The van der Waals surface area contributed by atoms with E-state index in [1.54, 1.807) is 12.1 Å². The van der Waals surface area contributed by atoms with Gasteiger partial charge in [0.05, 0.1) is 7.11 Å². The topological polar surface area (TPSA) is 124 Å². The van der Waals surface area contributed by atoms with E-state index in [9.17, 15) is 14.7 Å². The lowest BCUT2D eigenvalue weighted by atomic mass is 10.1. The van der Waals surface area contributed by atoms with Gasteiger partial charge in [0.1, 0.15) is 17.2 Å². The van der Waals surface area contributed by atoms with Crippen LogP contribution in [0.1, 0.15) is 26.4 Å². The summed E-state index contributed by atoms with van der Waals surface area (Å²) in [4.78, 5) is 27.4. The number of ether oxygens (including phenoxy) is 2. The molecule has 8 heteroatoms. The summed E-state index contributed by atoms with van der Waals surface area (Å²) in [5, 5.41) is 12.5. The number of hydrogen-bond donors (Lipinski definition) is 3. The lowest BCUT2D eigenvalue weighted by Gasteiger charge is -2.10. The molecule has 0 aliphatic carbocycles. The Hall–Kier alpha value is -4.07. The van der Waals surface area contributed by atoms with Gasteiger partial charge >= 0.3 is 0 Å². The number of benzene rings is 2. The molecule has 0 saturated carbocycles. The zero-order valence-electron chi connectivity index (χ0n) is 16.3. The number of pyridine rings is 1. The average molecular weight is 407 g/mol. The summed E-state index contributed by atoms with van der Waals surface area (Å²) in [6, 6.07) is 14.9. The maximum absolute atomic E-state index is 12.3. The predicted molar refractivity (Wildman–Crippen MR) is 110 cm³/mol. The molecular weight excluding hydrogens is 386 g/mol. The second kappa shape index (κ2) is 9.42. The van der Waals surface area contributed by atoms with Crippen LogP contribution in [-0.4, -0.2) is 35.6 Å². The van der Waals surface area contributed by atoms with Gasteiger partial charge in [-0.2, -0.15) is 0 Å². The Morgan fingerprint density at radius 1 is 1.10 bits per heavy atom. The SMILES string of the molecule is COc1cc(C(=O)NCCc2cccc(Oc3ccnc(C(N)=O)c3)c2)ccc1O. The number of nitrogens with two attached hydrogens (primary N) is 1. The van der Waals surface area contributed by atoms with Crippen molar-refractivity contribution in [2.24, 2.45) is 5.73 Å². The fourth-order valence-corrected chi connectivity index (χ4v) is 2.75. The monoisotopic (exact) mass is 407 g/mol. The van der Waals surface area contributed by atoms with Crippen molar-refractivity contribution in [3.63, 3.8) is 0 Å². The fourth-order valence-electron chi connectivity index (χ4n) is 2.75. The normalized spacial score (nSPS) is 10.3. The number of methoxy groups -OCH3 is 1. The highest BCUT2D eigenvalue weighted by Crippen LogP contribution is 2.26. The number of phenolic OH excluding ortho intramolecular Hbond substituents is 1. The van der Waals surface area contributed by atoms with E-state index >= 15 is 0 Å². The number of carbonyl (C=O) groups excluding carboxylic acids is 2. The first-order valence-electron chi connectivity index (χ1n) is 9.14. The van der Waals surface area contributed by atoms with Crippen LogP contribution in [0.5, 0.6) is 23.0 Å². The molecule has 3 aromatic rings. The van der Waals surface area contributed by atoms with Crippen LogP contribution < -0.4 is 20.5 Å². The summed E-state index contributed by atoms with van der Waals surface area (Å²) >= 11 is 0. The highest BCUT2D eigenvalue weighted by atomic mass is 16.5. The van der Waals surface area contributed by atoms with Gasteiger partial charge in [-0.1, -0.05) is 12.1 Å². The third-order valence-corrected chi connectivity index (χ3v) is 4.26. The van der Waals surface area contributed by atoms with Crippen LogP contribution in [0.3, 0.4) is 0 Å². The highest BCUT2D eigenvalue weighted by molar-refractivity contribution is 5.94. The maximum atomic E-state index is 12.3. The number of phenols is 1. The average Bonchev–Trinajstić information content (AvgIpc) is 2.74. The van der Waals surface area contributed by atoms with Crippen LogP contribution in [0.15, 0.2) is 60.8 Å².